The standard InChI is InChI=1S/C14H22N2O2.ClH/c1-4-12(9-16-14(17)11(3)15)18-13-8-6-5-7-10(13)2;/h5-8,11-12H,4,9,15H2,1-3H3,(H,16,17);1H/t11-,12?;/m0./s1. The fourth-order valence-electron chi connectivity index (χ4n) is 1.51. The van der Waals surface area contributed by atoms with Crippen molar-refractivity contribution < 1.29 is 9.53 Å². The van der Waals surface area contributed by atoms with Crippen LogP contribution in [0.1, 0.15) is 25.8 Å². The van der Waals surface area contributed by atoms with Crippen LogP contribution in [0.25, 0.3) is 0 Å². The molecule has 0 aliphatic heterocycles. The van der Waals surface area contributed by atoms with E-state index in [0.29, 0.717) is 6.54 Å². The Hall–Kier alpha value is -1.26. The largest absolute Gasteiger partial charge is 0.488 e. The molecule has 0 aliphatic rings. The van der Waals surface area contributed by atoms with E-state index < -0.39 is 6.04 Å². The maximum atomic E-state index is 11.4. The highest BCUT2D eigenvalue weighted by atomic mass is 35.5. The molecule has 0 aliphatic carbocycles. The molecular weight excluding hydrogens is 264 g/mol. The molecule has 3 N–H and O–H groups in total. The zero-order valence-corrected chi connectivity index (χ0v) is 12.5. The third-order valence-corrected chi connectivity index (χ3v) is 2.76. The first kappa shape index (κ1) is 17.7. The number of carbonyl (C=O) groups excluding carboxylic acids is 1. The first-order valence-electron chi connectivity index (χ1n) is 6.30. The van der Waals surface area contributed by atoms with Crippen molar-refractivity contribution in [1.29, 1.82) is 0 Å². The minimum Gasteiger partial charge on any atom is -0.488 e. The van der Waals surface area contributed by atoms with E-state index in [9.17, 15) is 4.79 Å². The van der Waals surface area contributed by atoms with Crippen molar-refractivity contribution in [2.75, 3.05) is 6.54 Å². The van der Waals surface area contributed by atoms with Gasteiger partial charge in [-0.25, -0.2) is 0 Å². The average molecular weight is 287 g/mol. The van der Waals surface area contributed by atoms with Gasteiger partial charge in [0.2, 0.25) is 5.91 Å². The number of amides is 1. The molecule has 1 aromatic rings. The lowest BCUT2D eigenvalue weighted by atomic mass is 10.2. The maximum absolute atomic E-state index is 11.4. The number of benzene rings is 1. The van der Waals surface area contributed by atoms with Crippen molar-refractivity contribution in [2.24, 2.45) is 5.73 Å². The minimum absolute atomic E-state index is 0. The number of nitrogens with two attached hydrogens (primary N) is 1. The predicted octanol–water partition coefficient (Wildman–Crippen LogP) is 2.04. The van der Waals surface area contributed by atoms with E-state index in [1.54, 1.807) is 6.92 Å². The lowest BCUT2D eigenvalue weighted by Gasteiger charge is -2.20. The fourth-order valence-corrected chi connectivity index (χ4v) is 1.51. The smallest absolute Gasteiger partial charge is 0.236 e. The van der Waals surface area contributed by atoms with Crippen LogP contribution in [-0.4, -0.2) is 24.6 Å². The molecule has 0 bridgehead atoms. The summed E-state index contributed by atoms with van der Waals surface area (Å²) in [5.74, 6) is 0.709. The van der Waals surface area contributed by atoms with Crippen molar-refractivity contribution in [2.45, 2.75) is 39.3 Å². The highest BCUT2D eigenvalue weighted by Crippen LogP contribution is 2.18. The number of hydrogen-bond donors (Lipinski definition) is 2. The van der Waals surface area contributed by atoms with Crippen LogP contribution < -0.4 is 15.8 Å². The van der Waals surface area contributed by atoms with Gasteiger partial charge in [-0.05, 0) is 31.9 Å². The van der Waals surface area contributed by atoms with E-state index >= 15 is 0 Å². The Bertz CT molecular complexity index is 397. The zero-order valence-electron chi connectivity index (χ0n) is 11.7. The molecule has 0 fully saturated rings. The van der Waals surface area contributed by atoms with Crippen LogP contribution in [0.5, 0.6) is 5.75 Å². The van der Waals surface area contributed by atoms with Gasteiger partial charge in [0.25, 0.3) is 0 Å². The van der Waals surface area contributed by atoms with Gasteiger partial charge < -0.3 is 15.8 Å². The zero-order chi connectivity index (χ0) is 13.5. The lowest BCUT2D eigenvalue weighted by Crippen LogP contribution is -2.42. The lowest BCUT2D eigenvalue weighted by molar-refractivity contribution is -0.122. The summed E-state index contributed by atoms with van der Waals surface area (Å²) in [4.78, 5) is 11.4. The maximum Gasteiger partial charge on any atom is 0.236 e. The van der Waals surface area contributed by atoms with Gasteiger partial charge >= 0.3 is 0 Å². The second-order valence-electron chi connectivity index (χ2n) is 4.45. The summed E-state index contributed by atoms with van der Waals surface area (Å²) in [5, 5.41) is 2.78. The van der Waals surface area contributed by atoms with E-state index in [-0.39, 0.29) is 24.4 Å². The number of hydrogen-bond acceptors (Lipinski definition) is 3. The number of carbonyl (C=O) groups is 1. The fraction of sp³-hybridized carbons (Fsp3) is 0.500. The monoisotopic (exact) mass is 286 g/mol. The Morgan fingerprint density at radius 2 is 2.05 bits per heavy atom. The Balaban J connectivity index is 0.00000324. The summed E-state index contributed by atoms with van der Waals surface area (Å²) >= 11 is 0. The Kier molecular flexibility index (Phi) is 8.19. The van der Waals surface area contributed by atoms with E-state index in [4.69, 9.17) is 10.5 Å². The third-order valence-electron chi connectivity index (χ3n) is 2.76. The van der Waals surface area contributed by atoms with Gasteiger partial charge in [0.15, 0.2) is 0 Å². The van der Waals surface area contributed by atoms with Crippen molar-refractivity contribution in [1.82, 2.24) is 5.32 Å². The van der Waals surface area contributed by atoms with E-state index in [1.807, 2.05) is 38.1 Å². The predicted molar refractivity (Wildman–Crippen MR) is 79.8 cm³/mol. The van der Waals surface area contributed by atoms with Gasteiger partial charge in [-0.3, -0.25) is 4.79 Å². The summed E-state index contributed by atoms with van der Waals surface area (Å²) in [6.07, 6.45) is 0.793. The molecule has 0 saturated carbocycles. The molecule has 5 heteroatoms. The normalized spacial score (nSPS) is 13.1. The number of rotatable bonds is 6. The summed E-state index contributed by atoms with van der Waals surface area (Å²) in [5.41, 5.74) is 6.58. The summed E-state index contributed by atoms with van der Waals surface area (Å²) in [7, 11) is 0. The molecule has 1 aromatic carbocycles. The topological polar surface area (TPSA) is 64.4 Å². The van der Waals surface area contributed by atoms with E-state index in [2.05, 4.69) is 5.32 Å². The second-order valence-corrected chi connectivity index (χ2v) is 4.45. The Morgan fingerprint density at radius 3 is 2.58 bits per heavy atom. The molecule has 0 aromatic heterocycles. The van der Waals surface area contributed by atoms with Crippen LogP contribution in [0.2, 0.25) is 0 Å². The molecule has 1 unspecified atom stereocenters. The molecule has 2 atom stereocenters. The molecule has 19 heavy (non-hydrogen) atoms. The Labute approximate surface area is 121 Å². The highest BCUT2D eigenvalue weighted by molar-refractivity contribution is 5.85. The van der Waals surface area contributed by atoms with Gasteiger partial charge in [0.05, 0.1) is 12.6 Å². The van der Waals surface area contributed by atoms with Gasteiger partial charge in [0, 0.05) is 0 Å². The number of ether oxygens (including phenoxy) is 1. The van der Waals surface area contributed by atoms with Crippen LogP contribution >= 0.6 is 12.4 Å². The first-order valence-corrected chi connectivity index (χ1v) is 6.30. The molecular formula is C14H23ClN2O2. The number of aryl methyl sites for hydroxylation is 1. The SMILES string of the molecule is CCC(CNC(=O)[C@H](C)N)Oc1ccccc1C.Cl. The summed E-state index contributed by atoms with van der Waals surface area (Å²) < 4.78 is 5.87. The van der Waals surface area contributed by atoms with Crippen LogP contribution in [0, 0.1) is 6.92 Å². The quantitative estimate of drug-likeness (QED) is 0.841. The number of nitrogens with one attached hydrogen (secondary N) is 1. The van der Waals surface area contributed by atoms with Crippen molar-refractivity contribution in [3.8, 4) is 5.75 Å². The van der Waals surface area contributed by atoms with Gasteiger partial charge in [-0.1, -0.05) is 25.1 Å². The first-order chi connectivity index (χ1) is 8.54. The molecule has 0 radical (unpaired) electrons. The molecule has 4 nitrogen and oxygen atoms in total. The summed E-state index contributed by atoms with van der Waals surface area (Å²) in [6.45, 7) is 6.17. The number of halogens is 1. The third kappa shape index (κ3) is 5.94. The van der Waals surface area contributed by atoms with Gasteiger partial charge in [-0.2, -0.15) is 0 Å². The molecule has 0 saturated heterocycles. The Morgan fingerprint density at radius 1 is 1.42 bits per heavy atom. The van der Waals surface area contributed by atoms with Crippen LogP contribution in [0.3, 0.4) is 0 Å². The average Bonchev–Trinajstić information content (AvgIpc) is 2.36. The summed E-state index contributed by atoms with van der Waals surface area (Å²) in [6, 6.07) is 7.37. The van der Waals surface area contributed by atoms with Crippen LogP contribution in [-0.2, 0) is 4.79 Å². The van der Waals surface area contributed by atoms with Crippen LogP contribution in [0.15, 0.2) is 24.3 Å². The molecule has 0 spiro atoms. The van der Waals surface area contributed by atoms with Gasteiger partial charge in [-0.15, -0.1) is 12.4 Å². The highest BCUT2D eigenvalue weighted by Gasteiger charge is 2.13. The minimum atomic E-state index is -0.485. The molecule has 1 amide bonds. The molecule has 108 valence electrons. The van der Waals surface area contributed by atoms with E-state index in [1.165, 1.54) is 0 Å². The van der Waals surface area contributed by atoms with Crippen molar-refractivity contribution in [3.63, 3.8) is 0 Å². The van der Waals surface area contributed by atoms with Crippen molar-refractivity contribution >= 4 is 18.3 Å². The molecule has 1 rings (SSSR count). The van der Waals surface area contributed by atoms with Crippen molar-refractivity contribution in [3.05, 3.63) is 29.8 Å². The molecule has 0 heterocycles. The number of para-hydroxylation sites is 1. The second kappa shape index (κ2) is 8.77. The van der Waals surface area contributed by atoms with Gasteiger partial charge in [0.1, 0.15) is 11.9 Å². The van der Waals surface area contributed by atoms with E-state index in [0.717, 1.165) is 17.7 Å². The van der Waals surface area contributed by atoms with Crippen LogP contribution in [0.4, 0.5) is 0 Å².